The van der Waals surface area contributed by atoms with Crippen LogP contribution in [0.1, 0.15) is 79.1 Å². The molecule has 0 fully saturated rings. The van der Waals surface area contributed by atoms with E-state index in [0.717, 1.165) is 51.4 Å². The maximum absolute atomic E-state index is 12.7. The Kier molecular flexibility index (Phi) is 14.1. The monoisotopic (exact) mass is 502 g/mol. The lowest BCUT2D eigenvalue weighted by molar-refractivity contribution is 0.146. The fourth-order valence-corrected chi connectivity index (χ4v) is 3.07. The van der Waals surface area contributed by atoms with Crippen LogP contribution in [0.25, 0.3) is 0 Å². The first kappa shape index (κ1) is 29.1. The first-order chi connectivity index (χ1) is 17.6. The van der Waals surface area contributed by atoms with Gasteiger partial charge in [0.15, 0.2) is 23.0 Å². The highest BCUT2D eigenvalue weighted by atomic mass is 16.7. The summed E-state index contributed by atoms with van der Waals surface area (Å²) in [7, 11) is 0. The van der Waals surface area contributed by atoms with E-state index in [1.54, 1.807) is 36.4 Å². The SMILES string of the molecule is CCCCOc1ccc(OC(=O)Oc2ccc(OCCCC)cc2OCCCC)c(OCCCC)c1. The molecule has 0 amide bonds. The van der Waals surface area contributed by atoms with Gasteiger partial charge in [-0.05, 0) is 49.9 Å². The van der Waals surface area contributed by atoms with Gasteiger partial charge < -0.3 is 28.4 Å². The molecular formula is C29H42O7. The lowest BCUT2D eigenvalue weighted by Gasteiger charge is -2.15. The third-order valence-electron chi connectivity index (χ3n) is 5.26. The van der Waals surface area contributed by atoms with Crippen molar-refractivity contribution in [3.05, 3.63) is 36.4 Å². The van der Waals surface area contributed by atoms with Crippen LogP contribution in [0.5, 0.6) is 34.5 Å². The summed E-state index contributed by atoms with van der Waals surface area (Å²) in [6.07, 6.45) is 6.88. The molecule has 2 aromatic rings. The summed E-state index contributed by atoms with van der Waals surface area (Å²) in [5.41, 5.74) is 0. The Morgan fingerprint density at radius 3 is 1.25 bits per heavy atom. The van der Waals surface area contributed by atoms with E-state index in [9.17, 15) is 4.79 Å². The second-order valence-corrected chi connectivity index (χ2v) is 8.48. The molecule has 0 N–H and O–H groups in total. The van der Waals surface area contributed by atoms with Gasteiger partial charge in [0.25, 0.3) is 0 Å². The number of carbonyl (C=O) groups is 1. The van der Waals surface area contributed by atoms with Crippen molar-refractivity contribution in [2.45, 2.75) is 79.1 Å². The molecular weight excluding hydrogens is 460 g/mol. The molecule has 2 rings (SSSR count). The Hall–Kier alpha value is -3.09. The molecule has 0 aromatic heterocycles. The van der Waals surface area contributed by atoms with Gasteiger partial charge in [0.2, 0.25) is 0 Å². The standard InChI is InChI=1S/C29H42O7/c1-5-9-17-31-23-13-15-25(27(21-23)33-19-11-7-3)35-29(30)36-26-16-14-24(32-18-10-6-2)22-28(26)34-20-12-8-4/h13-16,21-22H,5-12,17-20H2,1-4H3. The van der Waals surface area contributed by atoms with Crippen LogP contribution in [0.4, 0.5) is 4.79 Å². The molecule has 0 bridgehead atoms. The lowest BCUT2D eigenvalue weighted by Crippen LogP contribution is -2.15. The molecule has 0 saturated heterocycles. The van der Waals surface area contributed by atoms with E-state index in [4.69, 9.17) is 28.4 Å². The van der Waals surface area contributed by atoms with Crippen molar-refractivity contribution in [1.29, 1.82) is 0 Å². The van der Waals surface area contributed by atoms with E-state index < -0.39 is 6.16 Å². The highest BCUT2D eigenvalue weighted by Crippen LogP contribution is 2.35. The second kappa shape index (κ2) is 17.4. The number of hydrogen-bond donors (Lipinski definition) is 0. The van der Waals surface area contributed by atoms with Gasteiger partial charge in [-0.3, -0.25) is 0 Å². The first-order valence-corrected chi connectivity index (χ1v) is 13.3. The number of benzene rings is 2. The second-order valence-electron chi connectivity index (χ2n) is 8.48. The number of ether oxygens (including phenoxy) is 6. The van der Waals surface area contributed by atoms with Crippen LogP contribution in [0.3, 0.4) is 0 Å². The molecule has 0 saturated carbocycles. The minimum absolute atomic E-state index is 0.270. The normalized spacial score (nSPS) is 10.6. The number of rotatable bonds is 18. The molecule has 0 aliphatic heterocycles. The highest BCUT2D eigenvalue weighted by molar-refractivity contribution is 5.70. The van der Waals surface area contributed by atoms with Gasteiger partial charge in [-0.2, -0.15) is 0 Å². The van der Waals surface area contributed by atoms with Gasteiger partial charge in [0.05, 0.1) is 26.4 Å². The average molecular weight is 503 g/mol. The van der Waals surface area contributed by atoms with E-state index in [-0.39, 0.29) is 11.5 Å². The predicted molar refractivity (Wildman–Crippen MR) is 141 cm³/mol. The van der Waals surface area contributed by atoms with Gasteiger partial charge in [0, 0.05) is 12.1 Å². The summed E-state index contributed by atoms with van der Waals surface area (Å²) < 4.78 is 34.3. The summed E-state index contributed by atoms with van der Waals surface area (Å²) in [4.78, 5) is 12.7. The molecule has 36 heavy (non-hydrogen) atoms. The van der Waals surface area contributed by atoms with Gasteiger partial charge in [0.1, 0.15) is 11.5 Å². The van der Waals surface area contributed by atoms with E-state index in [0.29, 0.717) is 49.4 Å². The Morgan fingerprint density at radius 1 is 0.528 bits per heavy atom. The molecule has 0 radical (unpaired) electrons. The number of carbonyl (C=O) groups excluding carboxylic acids is 1. The molecule has 0 heterocycles. The van der Waals surface area contributed by atoms with Crippen molar-refractivity contribution in [1.82, 2.24) is 0 Å². The Labute approximate surface area is 216 Å². The van der Waals surface area contributed by atoms with Crippen LogP contribution >= 0.6 is 0 Å². The first-order valence-electron chi connectivity index (χ1n) is 13.3. The molecule has 7 heteroatoms. The summed E-state index contributed by atoms with van der Waals surface area (Å²) in [5, 5.41) is 0. The van der Waals surface area contributed by atoms with E-state index in [1.807, 2.05) is 0 Å². The zero-order chi connectivity index (χ0) is 26.0. The van der Waals surface area contributed by atoms with Crippen LogP contribution in [0.2, 0.25) is 0 Å². The minimum atomic E-state index is -0.880. The Balaban J connectivity index is 2.13. The molecule has 0 atom stereocenters. The van der Waals surface area contributed by atoms with Crippen molar-refractivity contribution in [3.63, 3.8) is 0 Å². The zero-order valence-electron chi connectivity index (χ0n) is 22.3. The third-order valence-corrected chi connectivity index (χ3v) is 5.26. The molecule has 7 nitrogen and oxygen atoms in total. The lowest BCUT2D eigenvalue weighted by atomic mass is 10.3. The minimum Gasteiger partial charge on any atom is -0.493 e. The zero-order valence-corrected chi connectivity index (χ0v) is 22.3. The van der Waals surface area contributed by atoms with Gasteiger partial charge in [-0.15, -0.1) is 0 Å². The summed E-state index contributed by atoms with van der Waals surface area (Å²) in [6, 6.07) is 10.3. The topological polar surface area (TPSA) is 72.5 Å². The Morgan fingerprint density at radius 2 is 0.889 bits per heavy atom. The summed E-state index contributed by atoms with van der Waals surface area (Å²) in [6.45, 7) is 10.6. The van der Waals surface area contributed by atoms with E-state index in [1.165, 1.54) is 0 Å². The number of hydrogen-bond acceptors (Lipinski definition) is 7. The largest absolute Gasteiger partial charge is 0.519 e. The van der Waals surface area contributed by atoms with Crippen LogP contribution < -0.4 is 28.4 Å². The molecule has 2 aromatic carbocycles. The Bertz CT molecular complexity index is 826. The quantitative estimate of drug-likeness (QED) is 0.116. The molecule has 0 unspecified atom stereocenters. The van der Waals surface area contributed by atoms with Gasteiger partial charge in [-0.1, -0.05) is 53.4 Å². The summed E-state index contributed by atoms with van der Waals surface area (Å²) in [5.74, 6) is 2.75. The molecule has 0 spiro atoms. The van der Waals surface area contributed by atoms with Crippen LogP contribution in [-0.4, -0.2) is 32.6 Å². The third kappa shape index (κ3) is 10.7. The van der Waals surface area contributed by atoms with Crippen molar-refractivity contribution in [3.8, 4) is 34.5 Å². The number of unbranched alkanes of at least 4 members (excludes halogenated alkanes) is 4. The van der Waals surface area contributed by atoms with Crippen molar-refractivity contribution in [2.75, 3.05) is 26.4 Å². The maximum Gasteiger partial charge on any atom is 0.519 e. The van der Waals surface area contributed by atoms with Crippen molar-refractivity contribution >= 4 is 6.16 Å². The van der Waals surface area contributed by atoms with Crippen LogP contribution in [-0.2, 0) is 0 Å². The smallest absolute Gasteiger partial charge is 0.493 e. The van der Waals surface area contributed by atoms with Crippen LogP contribution in [0.15, 0.2) is 36.4 Å². The fourth-order valence-electron chi connectivity index (χ4n) is 3.07. The molecule has 200 valence electrons. The van der Waals surface area contributed by atoms with Gasteiger partial charge in [-0.25, -0.2) is 4.79 Å². The molecule has 0 aliphatic rings. The predicted octanol–water partition coefficient (Wildman–Crippen LogP) is 7.98. The molecule has 0 aliphatic carbocycles. The van der Waals surface area contributed by atoms with Crippen molar-refractivity contribution < 1.29 is 33.2 Å². The van der Waals surface area contributed by atoms with E-state index in [2.05, 4.69) is 27.7 Å². The average Bonchev–Trinajstić information content (AvgIpc) is 2.87. The highest BCUT2D eigenvalue weighted by Gasteiger charge is 2.17. The van der Waals surface area contributed by atoms with Gasteiger partial charge >= 0.3 is 6.16 Å². The van der Waals surface area contributed by atoms with Crippen molar-refractivity contribution in [2.24, 2.45) is 0 Å². The van der Waals surface area contributed by atoms with Crippen LogP contribution in [0, 0.1) is 0 Å². The summed E-state index contributed by atoms with van der Waals surface area (Å²) >= 11 is 0. The maximum atomic E-state index is 12.7. The fraction of sp³-hybridized carbons (Fsp3) is 0.552. The van der Waals surface area contributed by atoms with E-state index >= 15 is 0 Å².